The van der Waals surface area contributed by atoms with Gasteiger partial charge in [0.25, 0.3) is 5.91 Å². The fourth-order valence-corrected chi connectivity index (χ4v) is 4.22. The number of likely N-dealkylation sites (tertiary alicyclic amines) is 2. The normalized spacial score (nSPS) is 19.6. The van der Waals surface area contributed by atoms with Gasteiger partial charge in [0.2, 0.25) is 11.8 Å². The molecule has 1 N–H and O–H groups in total. The number of rotatable bonds is 6. The topological polar surface area (TPSA) is 96.0 Å². The third-order valence-corrected chi connectivity index (χ3v) is 5.99. The SMILES string of the molecule is CCOC(=O)[C@H]1CCCN(C(=O)C2CCN(C(=O)CNC(=O)c3ccccc3)CC2)C1. The summed E-state index contributed by atoms with van der Waals surface area (Å²) in [6.45, 7) is 4.14. The highest BCUT2D eigenvalue weighted by Gasteiger charge is 2.34. The fourth-order valence-electron chi connectivity index (χ4n) is 4.22. The first-order chi connectivity index (χ1) is 15.0. The van der Waals surface area contributed by atoms with Crippen molar-refractivity contribution in [1.29, 1.82) is 0 Å². The number of amides is 3. The van der Waals surface area contributed by atoms with Crippen LogP contribution in [0.15, 0.2) is 30.3 Å². The molecule has 1 aromatic carbocycles. The van der Waals surface area contributed by atoms with Crippen LogP contribution in [0, 0.1) is 11.8 Å². The van der Waals surface area contributed by atoms with E-state index in [9.17, 15) is 19.2 Å². The van der Waals surface area contributed by atoms with Crippen molar-refractivity contribution in [2.24, 2.45) is 11.8 Å². The van der Waals surface area contributed by atoms with E-state index >= 15 is 0 Å². The largest absolute Gasteiger partial charge is 0.466 e. The molecule has 0 saturated carbocycles. The van der Waals surface area contributed by atoms with E-state index in [4.69, 9.17) is 4.74 Å². The lowest BCUT2D eigenvalue weighted by molar-refractivity contribution is -0.152. The van der Waals surface area contributed by atoms with E-state index in [1.165, 1.54) is 0 Å². The van der Waals surface area contributed by atoms with Gasteiger partial charge in [-0.3, -0.25) is 19.2 Å². The molecule has 2 saturated heterocycles. The smallest absolute Gasteiger partial charge is 0.310 e. The zero-order valence-electron chi connectivity index (χ0n) is 18.0. The van der Waals surface area contributed by atoms with Crippen LogP contribution in [0.5, 0.6) is 0 Å². The number of esters is 1. The van der Waals surface area contributed by atoms with E-state index in [0.717, 1.165) is 12.8 Å². The minimum Gasteiger partial charge on any atom is -0.466 e. The molecule has 1 aromatic rings. The molecular weight excluding hydrogens is 398 g/mol. The van der Waals surface area contributed by atoms with Crippen molar-refractivity contribution < 1.29 is 23.9 Å². The summed E-state index contributed by atoms with van der Waals surface area (Å²) in [5.74, 6) is -0.955. The quantitative estimate of drug-likeness (QED) is 0.691. The molecule has 2 aliphatic rings. The highest BCUT2D eigenvalue weighted by Crippen LogP contribution is 2.24. The molecule has 31 heavy (non-hydrogen) atoms. The molecule has 3 rings (SSSR count). The van der Waals surface area contributed by atoms with Gasteiger partial charge in [-0.15, -0.1) is 0 Å². The molecule has 0 bridgehead atoms. The lowest BCUT2D eigenvalue weighted by Gasteiger charge is -2.37. The van der Waals surface area contributed by atoms with Crippen LogP contribution in [-0.4, -0.2) is 72.8 Å². The number of nitrogens with one attached hydrogen (secondary N) is 1. The number of carbonyl (C=O) groups is 4. The van der Waals surface area contributed by atoms with Crippen molar-refractivity contribution >= 4 is 23.7 Å². The molecule has 8 nitrogen and oxygen atoms in total. The van der Waals surface area contributed by atoms with Crippen LogP contribution in [0.3, 0.4) is 0 Å². The Morgan fingerprint density at radius 2 is 1.68 bits per heavy atom. The summed E-state index contributed by atoms with van der Waals surface area (Å²) in [5, 5.41) is 2.66. The molecule has 3 amide bonds. The van der Waals surface area contributed by atoms with Crippen molar-refractivity contribution in [3.63, 3.8) is 0 Å². The number of nitrogens with zero attached hydrogens (tertiary/aromatic N) is 2. The van der Waals surface area contributed by atoms with Crippen LogP contribution in [0.1, 0.15) is 43.0 Å². The molecule has 0 aliphatic carbocycles. The Kier molecular flexibility index (Phi) is 8.03. The second kappa shape index (κ2) is 10.9. The predicted octanol–water partition coefficient (Wildman–Crippen LogP) is 1.46. The summed E-state index contributed by atoms with van der Waals surface area (Å²) in [5.41, 5.74) is 0.516. The average Bonchev–Trinajstić information content (AvgIpc) is 2.82. The second-order valence-corrected chi connectivity index (χ2v) is 8.08. The molecule has 8 heteroatoms. The fraction of sp³-hybridized carbons (Fsp3) is 0.565. The van der Waals surface area contributed by atoms with Gasteiger partial charge >= 0.3 is 5.97 Å². The van der Waals surface area contributed by atoms with E-state index in [1.54, 1.807) is 41.0 Å². The minimum absolute atomic E-state index is 0.0559. The van der Waals surface area contributed by atoms with Gasteiger partial charge in [-0.2, -0.15) is 0 Å². The number of carbonyl (C=O) groups excluding carboxylic acids is 4. The van der Waals surface area contributed by atoms with Crippen molar-refractivity contribution in [3.8, 4) is 0 Å². The third-order valence-electron chi connectivity index (χ3n) is 5.99. The maximum atomic E-state index is 12.9. The molecular formula is C23H31N3O5. The van der Waals surface area contributed by atoms with Crippen LogP contribution in [0.4, 0.5) is 0 Å². The van der Waals surface area contributed by atoms with E-state index in [1.807, 2.05) is 6.07 Å². The van der Waals surface area contributed by atoms with Crippen LogP contribution in [0.2, 0.25) is 0 Å². The molecule has 0 unspecified atom stereocenters. The van der Waals surface area contributed by atoms with E-state index in [0.29, 0.717) is 51.2 Å². The highest BCUT2D eigenvalue weighted by atomic mass is 16.5. The Hall–Kier alpha value is -2.90. The van der Waals surface area contributed by atoms with E-state index in [2.05, 4.69) is 5.32 Å². The zero-order valence-corrected chi connectivity index (χ0v) is 18.0. The van der Waals surface area contributed by atoms with Gasteiger partial charge in [-0.1, -0.05) is 18.2 Å². The molecule has 2 heterocycles. The maximum absolute atomic E-state index is 12.9. The van der Waals surface area contributed by atoms with Gasteiger partial charge in [-0.05, 0) is 44.7 Å². The zero-order chi connectivity index (χ0) is 22.2. The summed E-state index contributed by atoms with van der Waals surface area (Å²) in [6, 6.07) is 8.77. The van der Waals surface area contributed by atoms with Crippen molar-refractivity contribution in [2.45, 2.75) is 32.6 Å². The van der Waals surface area contributed by atoms with Crippen LogP contribution < -0.4 is 5.32 Å². The number of piperidine rings is 2. The monoisotopic (exact) mass is 429 g/mol. The Balaban J connectivity index is 1.43. The predicted molar refractivity (Wildman–Crippen MR) is 114 cm³/mol. The first-order valence-electron chi connectivity index (χ1n) is 11.1. The summed E-state index contributed by atoms with van der Waals surface area (Å²) in [7, 11) is 0. The number of hydrogen-bond acceptors (Lipinski definition) is 5. The van der Waals surface area contributed by atoms with Crippen molar-refractivity contribution in [1.82, 2.24) is 15.1 Å². The highest BCUT2D eigenvalue weighted by molar-refractivity contribution is 5.96. The van der Waals surface area contributed by atoms with Gasteiger partial charge in [0.1, 0.15) is 0 Å². The molecule has 2 fully saturated rings. The number of ether oxygens (including phenoxy) is 1. The summed E-state index contributed by atoms with van der Waals surface area (Å²) < 4.78 is 5.11. The molecule has 2 aliphatic heterocycles. The number of hydrogen-bond donors (Lipinski definition) is 1. The van der Waals surface area contributed by atoms with Crippen molar-refractivity contribution in [3.05, 3.63) is 35.9 Å². The standard InChI is InChI=1S/C23H31N3O5/c1-2-31-23(30)19-9-6-12-26(16-19)22(29)18-10-13-25(14-11-18)20(27)15-24-21(28)17-7-4-3-5-8-17/h3-5,7-8,18-19H,2,6,9-16H2,1H3,(H,24,28)/t19-/m0/s1. The molecule has 0 radical (unpaired) electrons. The van der Waals surface area contributed by atoms with Gasteiger partial charge in [0.15, 0.2) is 0 Å². The van der Waals surface area contributed by atoms with Crippen LogP contribution >= 0.6 is 0 Å². The summed E-state index contributed by atoms with van der Waals surface area (Å²) in [6.07, 6.45) is 2.74. The average molecular weight is 430 g/mol. The molecule has 0 spiro atoms. The lowest BCUT2D eigenvalue weighted by Crippen LogP contribution is -2.49. The third kappa shape index (κ3) is 6.06. The first kappa shape index (κ1) is 22.8. The molecule has 168 valence electrons. The summed E-state index contributed by atoms with van der Waals surface area (Å²) in [4.78, 5) is 53.0. The Morgan fingerprint density at radius 3 is 2.35 bits per heavy atom. The Bertz CT molecular complexity index is 790. The Morgan fingerprint density at radius 1 is 0.968 bits per heavy atom. The van der Waals surface area contributed by atoms with Gasteiger partial charge < -0.3 is 19.9 Å². The lowest BCUT2D eigenvalue weighted by atomic mass is 9.92. The van der Waals surface area contributed by atoms with Crippen molar-refractivity contribution in [2.75, 3.05) is 39.3 Å². The minimum atomic E-state index is -0.278. The van der Waals surface area contributed by atoms with Crippen LogP contribution in [-0.2, 0) is 19.1 Å². The first-order valence-corrected chi connectivity index (χ1v) is 11.1. The Labute approximate surface area is 182 Å². The van der Waals surface area contributed by atoms with Gasteiger partial charge in [-0.25, -0.2) is 0 Å². The van der Waals surface area contributed by atoms with Gasteiger partial charge in [0, 0.05) is 37.7 Å². The van der Waals surface area contributed by atoms with Crippen LogP contribution in [0.25, 0.3) is 0 Å². The summed E-state index contributed by atoms with van der Waals surface area (Å²) >= 11 is 0. The van der Waals surface area contributed by atoms with E-state index in [-0.39, 0.29) is 42.1 Å². The molecule has 1 atom stereocenters. The number of benzene rings is 1. The second-order valence-electron chi connectivity index (χ2n) is 8.08. The van der Waals surface area contributed by atoms with Gasteiger partial charge in [0.05, 0.1) is 19.1 Å². The van der Waals surface area contributed by atoms with E-state index < -0.39 is 0 Å². The maximum Gasteiger partial charge on any atom is 0.310 e. The molecule has 0 aromatic heterocycles.